The van der Waals surface area contributed by atoms with Crippen LogP contribution in [0.2, 0.25) is 0 Å². The predicted molar refractivity (Wildman–Crippen MR) is 39.8 cm³/mol. The Labute approximate surface area is 65.3 Å². The second kappa shape index (κ2) is 3.81. The molecule has 0 saturated carbocycles. The summed E-state index contributed by atoms with van der Waals surface area (Å²) in [5.74, 6) is -0.303. The van der Waals surface area contributed by atoms with Crippen LogP contribution in [0.1, 0.15) is 6.42 Å². The summed E-state index contributed by atoms with van der Waals surface area (Å²) in [7, 11) is 0. The third kappa shape index (κ3) is 2.11. The van der Waals surface area contributed by atoms with Crippen molar-refractivity contribution in [1.82, 2.24) is 0 Å². The van der Waals surface area contributed by atoms with E-state index in [9.17, 15) is 4.79 Å². The molecule has 0 bridgehead atoms. The summed E-state index contributed by atoms with van der Waals surface area (Å²) in [6.45, 7) is 4.27. The molecule has 0 saturated heterocycles. The molecule has 0 N–H and O–H groups in total. The van der Waals surface area contributed by atoms with Crippen LogP contribution in [0.4, 0.5) is 0 Å². The lowest BCUT2D eigenvalue weighted by Crippen LogP contribution is -2.06. The van der Waals surface area contributed by atoms with E-state index in [0.29, 0.717) is 18.6 Å². The van der Waals surface area contributed by atoms with Crippen molar-refractivity contribution in [3.8, 4) is 0 Å². The van der Waals surface area contributed by atoms with Gasteiger partial charge in [0.25, 0.3) is 0 Å². The van der Waals surface area contributed by atoms with Gasteiger partial charge in [-0.3, -0.25) is 0 Å². The highest BCUT2D eigenvalue weighted by atomic mass is 16.5. The molecule has 0 aromatic heterocycles. The number of esters is 1. The van der Waals surface area contributed by atoms with Gasteiger partial charge >= 0.3 is 5.97 Å². The van der Waals surface area contributed by atoms with E-state index in [2.05, 4.69) is 6.58 Å². The predicted octanol–water partition coefficient (Wildman–Crippen LogP) is 1.02. The van der Waals surface area contributed by atoms with Crippen LogP contribution in [0, 0.1) is 0 Å². The molecule has 60 valence electrons. The zero-order valence-corrected chi connectivity index (χ0v) is 6.21. The fraction of sp³-hybridized carbons (Fsp3) is 0.375. The lowest BCUT2D eigenvalue weighted by molar-refractivity contribution is -0.137. The van der Waals surface area contributed by atoms with Crippen molar-refractivity contribution in [3.05, 3.63) is 24.5 Å². The van der Waals surface area contributed by atoms with Gasteiger partial charge in [-0.25, -0.2) is 4.79 Å². The molecule has 1 aliphatic heterocycles. The van der Waals surface area contributed by atoms with Gasteiger partial charge in [-0.05, 0) is 0 Å². The van der Waals surface area contributed by atoms with Gasteiger partial charge in [0.15, 0.2) is 0 Å². The van der Waals surface area contributed by atoms with E-state index in [0.717, 1.165) is 0 Å². The van der Waals surface area contributed by atoms with Gasteiger partial charge in [-0.15, -0.1) is 0 Å². The summed E-state index contributed by atoms with van der Waals surface area (Å²) in [5.41, 5.74) is 0.604. The molecule has 1 heterocycles. The standard InChI is InChI=1S/C8H10O3/c1-2-4-11-8(9)7-3-5-10-6-7/h2,6H,1,3-5H2. The molecule has 1 rings (SSSR count). The van der Waals surface area contributed by atoms with Gasteiger partial charge in [-0.2, -0.15) is 0 Å². The van der Waals surface area contributed by atoms with Crippen molar-refractivity contribution < 1.29 is 14.3 Å². The molecule has 0 radical (unpaired) electrons. The number of rotatable bonds is 3. The monoisotopic (exact) mass is 154 g/mol. The second-order valence-corrected chi connectivity index (χ2v) is 2.15. The molecular weight excluding hydrogens is 144 g/mol. The van der Waals surface area contributed by atoms with E-state index >= 15 is 0 Å². The Morgan fingerprint density at radius 2 is 2.73 bits per heavy atom. The molecule has 0 aromatic carbocycles. The molecule has 0 unspecified atom stereocenters. The quantitative estimate of drug-likeness (QED) is 0.449. The van der Waals surface area contributed by atoms with Crippen molar-refractivity contribution in [1.29, 1.82) is 0 Å². The van der Waals surface area contributed by atoms with Crippen LogP contribution in [0.3, 0.4) is 0 Å². The summed E-state index contributed by atoms with van der Waals surface area (Å²) in [4.78, 5) is 11.0. The van der Waals surface area contributed by atoms with E-state index in [1.165, 1.54) is 12.3 Å². The van der Waals surface area contributed by atoms with Gasteiger partial charge in [0.2, 0.25) is 0 Å². The minimum Gasteiger partial charge on any atom is -0.500 e. The molecule has 0 fully saturated rings. The van der Waals surface area contributed by atoms with Crippen LogP contribution in [0.5, 0.6) is 0 Å². The highest BCUT2D eigenvalue weighted by Gasteiger charge is 2.14. The third-order valence-corrected chi connectivity index (χ3v) is 1.31. The maximum absolute atomic E-state index is 11.0. The van der Waals surface area contributed by atoms with Crippen molar-refractivity contribution in [3.63, 3.8) is 0 Å². The molecular formula is C8H10O3. The van der Waals surface area contributed by atoms with Gasteiger partial charge < -0.3 is 9.47 Å². The fourth-order valence-corrected chi connectivity index (χ4v) is 0.765. The molecule has 3 nitrogen and oxygen atoms in total. The zero-order valence-electron chi connectivity index (χ0n) is 6.21. The van der Waals surface area contributed by atoms with Gasteiger partial charge in [0.1, 0.15) is 6.61 Å². The van der Waals surface area contributed by atoms with E-state index in [1.807, 2.05) is 0 Å². The largest absolute Gasteiger partial charge is 0.500 e. The van der Waals surface area contributed by atoms with Crippen LogP contribution in [-0.2, 0) is 14.3 Å². The molecule has 3 heteroatoms. The van der Waals surface area contributed by atoms with Crippen LogP contribution >= 0.6 is 0 Å². The van der Waals surface area contributed by atoms with Gasteiger partial charge in [-0.1, -0.05) is 12.7 Å². The minimum atomic E-state index is -0.303. The minimum absolute atomic E-state index is 0.260. The van der Waals surface area contributed by atoms with Crippen LogP contribution in [-0.4, -0.2) is 19.2 Å². The summed E-state index contributed by atoms with van der Waals surface area (Å²) in [6, 6.07) is 0. The SMILES string of the molecule is C=CCOC(=O)C1=COCC1. The molecule has 0 amide bonds. The average molecular weight is 154 g/mol. The normalized spacial score (nSPS) is 15.1. The first kappa shape index (κ1) is 7.85. The highest BCUT2D eigenvalue weighted by molar-refractivity contribution is 5.88. The van der Waals surface area contributed by atoms with Crippen molar-refractivity contribution in [2.75, 3.05) is 13.2 Å². The van der Waals surface area contributed by atoms with Crippen LogP contribution < -0.4 is 0 Å². The summed E-state index contributed by atoms with van der Waals surface area (Å²) in [6.07, 6.45) is 3.63. The summed E-state index contributed by atoms with van der Waals surface area (Å²) >= 11 is 0. The Morgan fingerprint density at radius 1 is 1.91 bits per heavy atom. The lowest BCUT2D eigenvalue weighted by Gasteiger charge is -1.98. The van der Waals surface area contributed by atoms with Crippen LogP contribution in [0.15, 0.2) is 24.5 Å². The first-order valence-corrected chi connectivity index (χ1v) is 3.43. The molecule has 0 spiro atoms. The Morgan fingerprint density at radius 3 is 3.27 bits per heavy atom. The van der Waals surface area contributed by atoms with E-state index < -0.39 is 0 Å². The van der Waals surface area contributed by atoms with Crippen molar-refractivity contribution in [2.24, 2.45) is 0 Å². The number of carbonyl (C=O) groups excluding carboxylic acids is 1. The smallest absolute Gasteiger partial charge is 0.337 e. The van der Waals surface area contributed by atoms with E-state index in [-0.39, 0.29) is 12.6 Å². The van der Waals surface area contributed by atoms with Crippen molar-refractivity contribution in [2.45, 2.75) is 6.42 Å². The third-order valence-electron chi connectivity index (χ3n) is 1.31. The number of hydrogen-bond acceptors (Lipinski definition) is 3. The lowest BCUT2D eigenvalue weighted by atomic mass is 10.2. The summed E-state index contributed by atoms with van der Waals surface area (Å²) < 4.78 is 9.64. The Bertz CT molecular complexity index is 194. The first-order valence-electron chi connectivity index (χ1n) is 3.43. The van der Waals surface area contributed by atoms with Crippen LogP contribution in [0.25, 0.3) is 0 Å². The maximum Gasteiger partial charge on any atom is 0.337 e. The van der Waals surface area contributed by atoms with Gasteiger partial charge in [0, 0.05) is 6.42 Å². The number of carbonyl (C=O) groups is 1. The zero-order chi connectivity index (χ0) is 8.10. The molecule has 1 aliphatic rings. The molecule has 0 aliphatic carbocycles. The van der Waals surface area contributed by atoms with E-state index in [4.69, 9.17) is 9.47 Å². The topological polar surface area (TPSA) is 35.5 Å². The molecule has 11 heavy (non-hydrogen) atoms. The van der Waals surface area contributed by atoms with Crippen molar-refractivity contribution >= 4 is 5.97 Å². The fourth-order valence-electron chi connectivity index (χ4n) is 0.765. The second-order valence-electron chi connectivity index (χ2n) is 2.15. The molecule has 0 atom stereocenters. The number of hydrogen-bond donors (Lipinski definition) is 0. The number of ether oxygens (including phenoxy) is 2. The Kier molecular flexibility index (Phi) is 2.72. The van der Waals surface area contributed by atoms with Gasteiger partial charge in [0.05, 0.1) is 18.4 Å². The highest BCUT2D eigenvalue weighted by Crippen LogP contribution is 2.11. The maximum atomic E-state index is 11.0. The first-order chi connectivity index (χ1) is 5.34. The average Bonchev–Trinajstić information content (AvgIpc) is 2.52. The van der Waals surface area contributed by atoms with E-state index in [1.54, 1.807) is 0 Å². The Balaban J connectivity index is 2.34. The molecule has 0 aromatic rings. The Hall–Kier alpha value is -1.25. The summed E-state index contributed by atoms with van der Waals surface area (Å²) in [5, 5.41) is 0.